The second kappa shape index (κ2) is 9.69. The van der Waals surface area contributed by atoms with Crippen molar-refractivity contribution >= 4 is 23.6 Å². The number of hydrogen-bond donors (Lipinski definition) is 1. The summed E-state index contributed by atoms with van der Waals surface area (Å²) < 4.78 is 6.90. The molecule has 1 amide bonds. The van der Waals surface area contributed by atoms with E-state index in [1.54, 1.807) is 18.3 Å². The maximum atomic E-state index is 11.8. The Balaban J connectivity index is 1.74. The number of nitrogens with zero attached hydrogens (tertiary/aromatic N) is 1. The second-order valence-corrected chi connectivity index (χ2v) is 5.80. The number of amides is 1. The molecule has 0 aliphatic carbocycles. The fraction of sp³-hybridized carbons (Fsp3) is 0.263. The van der Waals surface area contributed by atoms with E-state index in [9.17, 15) is 9.59 Å². The summed E-state index contributed by atoms with van der Waals surface area (Å²) in [5.74, 6) is 0.632. The Morgan fingerprint density at radius 2 is 2.00 bits per heavy atom. The van der Waals surface area contributed by atoms with Gasteiger partial charge >= 0.3 is 0 Å². The van der Waals surface area contributed by atoms with E-state index >= 15 is 0 Å². The van der Waals surface area contributed by atoms with Gasteiger partial charge < -0.3 is 14.6 Å². The first-order valence-electron chi connectivity index (χ1n) is 8.13. The summed E-state index contributed by atoms with van der Waals surface area (Å²) in [5, 5.41) is 3.31. The Morgan fingerprint density at radius 1 is 1.24 bits per heavy atom. The van der Waals surface area contributed by atoms with Gasteiger partial charge in [-0.25, -0.2) is 0 Å². The van der Waals surface area contributed by atoms with Crippen LogP contribution in [0.3, 0.4) is 0 Å². The van der Waals surface area contributed by atoms with Crippen LogP contribution in [0.1, 0.15) is 18.9 Å². The van der Waals surface area contributed by atoms with Gasteiger partial charge in [-0.1, -0.05) is 23.7 Å². The number of carbonyl (C=O) groups is 1. The lowest BCUT2D eigenvalue weighted by Gasteiger charge is -2.06. The highest BCUT2D eigenvalue weighted by Crippen LogP contribution is 2.12. The van der Waals surface area contributed by atoms with Crippen LogP contribution in [0.5, 0.6) is 5.75 Å². The average Bonchev–Trinajstić information content (AvgIpc) is 2.61. The first-order chi connectivity index (χ1) is 12.1. The van der Waals surface area contributed by atoms with E-state index in [1.807, 2.05) is 31.2 Å². The summed E-state index contributed by atoms with van der Waals surface area (Å²) in [6.07, 6.45) is 5.47. The first-order valence-corrected chi connectivity index (χ1v) is 8.51. The van der Waals surface area contributed by atoms with E-state index in [-0.39, 0.29) is 11.5 Å². The highest BCUT2D eigenvalue weighted by Gasteiger charge is 1.99. The summed E-state index contributed by atoms with van der Waals surface area (Å²) in [6, 6.07) is 10.5. The largest absolute Gasteiger partial charge is 0.494 e. The van der Waals surface area contributed by atoms with E-state index in [1.165, 1.54) is 16.7 Å². The number of halogens is 1. The van der Waals surface area contributed by atoms with Crippen molar-refractivity contribution in [3.8, 4) is 5.75 Å². The molecule has 0 bridgehead atoms. The van der Waals surface area contributed by atoms with Crippen molar-refractivity contribution in [3.63, 3.8) is 0 Å². The van der Waals surface area contributed by atoms with Gasteiger partial charge in [-0.15, -0.1) is 0 Å². The minimum atomic E-state index is -0.174. The molecule has 0 unspecified atom stereocenters. The Morgan fingerprint density at radius 3 is 2.72 bits per heavy atom. The third kappa shape index (κ3) is 6.47. The number of pyridine rings is 1. The fourth-order valence-corrected chi connectivity index (χ4v) is 2.39. The molecule has 132 valence electrons. The molecule has 0 fully saturated rings. The molecule has 1 aromatic heterocycles. The van der Waals surface area contributed by atoms with Crippen LogP contribution in [0.4, 0.5) is 0 Å². The lowest BCUT2D eigenvalue weighted by molar-refractivity contribution is -0.116. The van der Waals surface area contributed by atoms with Crippen molar-refractivity contribution in [3.05, 3.63) is 69.6 Å². The molecule has 1 N–H and O–H groups in total. The smallest absolute Gasteiger partial charge is 0.250 e. The van der Waals surface area contributed by atoms with Crippen molar-refractivity contribution in [2.75, 3.05) is 13.2 Å². The van der Waals surface area contributed by atoms with Gasteiger partial charge in [0, 0.05) is 31.4 Å². The third-order valence-electron chi connectivity index (χ3n) is 3.44. The van der Waals surface area contributed by atoms with Crippen LogP contribution in [0.15, 0.2) is 53.5 Å². The number of nitrogens with one attached hydrogen (secondary N) is 1. The SMILES string of the molecule is CCOc1ccc(/C=C/C(=O)NCCCn2cc(Cl)ccc2=O)cc1. The standard InChI is InChI=1S/C19H21ClN2O3/c1-2-25-17-8-4-15(5-9-17)6-10-18(23)21-12-3-13-22-14-16(20)7-11-19(22)24/h4-11,14H,2-3,12-13H2,1H3,(H,21,23)/b10-6+. The first kappa shape index (κ1) is 18.8. The van der Waals surface area contributed by atoms with Crippen LogP contribution < -0.4 is 15.6 Å². The van der Waals surface area contributed by atoms with Crippen molar-refractivity contribution in [1.29, 1.82) is 0 Å². The maximum absolute atomic E-state index is 11.8. The molecule has 25 heavy (non-hydrogen) atoms. The van der Waals surface area contributed by atoms with Gasteiger partial charge in [0.2, 0.25) is 5.91 Å². The molecule has 0 atom stereocenters. The molecule has 2 rings (SSSR count). The van der Waals surface area contributed by atoms with Gasteiger partial charge in [0.05, 0.1) is 11.6 Å². The number of ether oxygens (including phenoxy) is 1. The fourth-order valence-electron chi connectivity index (χ4n) is 2.21. The van der Waals surface area contributed by atoms with Crippen LogP contribution in [0, 0.1) is 0 Å². The number of carbonyl (C=O) groups excluding carboxylic acids is 1. The normalized spacial score (nSPS) is 10.8. The number of aryl methyl sites for hydroxylation is 1. The molecule has 1 aromatic carbocycles. The van der Waals surface area contributed by atoms with Gasteiger partial charge in [0.15, 0.2) is 0 Å². The van der Waals surface area contributed by atoms with Gasteiger partial charge in [0.1, 0.15) is 5.75 Å². The number of aromatic nitrogens is 1. The molecule has 0 aliphatic rings. The van der Waals surface area contributed by atoms with Gasteiger partial charge in [-0.05, 0) is 43.2 Å². The minimum absolute atomic E-state index is 0.105. The van der Waals surface area contributed by atoms with Gasteiger partial charge in [-0.3, -0.25) is 9.59 Å². The van der Waals surface area contributed by atoms with Gasteiger partial charge in [0.25, 0.3) is 5.56 Å². The van der Waals surface area contributed by atoms with E-state index < -0.39 is 0 Å². The summed E-state index contributed by atoms with van der Waals surface area (Å²) in [5.41, 5.74) is 0.815. The van der Waals surface area contributed by atoms with Crippen LogP contribution in [-0.2, 0) is 11.3 Å². The molecule has 0 saturated carbocycles. The molecule has 2 aromatic rings. The molecule has 0 aliphatic heterocycles. The topological polar surface area (TPSA) is 60.3 Å². The Bertz CT molecular complexity index is 782. The zero-order valence-electron chi connectivity index (χ0n) is 14.1. The zero-order valence-corrected chi connectivity index (χ0v) is 14.8. The number of hydrogen-bond acceptors (Lipinski definition) is 3. The highest BCUT2D eigenvalue weighted by molar-refractivity contribution is 6.30. The van der Waals surface area contributed by atoms with E-state index in [0.29, 0.717) is 31.1 Å². The molecule has 5 nitrogen and oxygen atoms in total. The molecular weight excluding hydrogens is 340 g/mol. The Labute approximate surface area is 151 Å². The maximum Gasteiger partial charge on any atom is 0.250 e. The molecule has 0 radical (unpaired) electrons. The van der Waals surface area contributed by atoms with Crippen LogP contribution in [0.25, 0.3) is 6.08 Å². The lowest BCUT2D eigenvalue weighted by atomic mass is 10.2. The summed E-state index contributed by atoms with van der Waals surface area (Å²) in [4.78, 5) is 23.4. The average molecular weight is 361 g/mol. The van der Waals surface area contributed by atoms with Crippen molar-refractivity contribution in [1.82, 2.24) is 9.88 Å². The van der Waals surface area contributed by atoms with Crippen molar-refractivity contribution < 1.29 is 9.53 Å². The quantitative estimate of drug-likeness (QED) is 0.581. The Hall–Kier alpha value is -2.53. The van der Waals surface area contributed by atoms with Crippen molar-refractivity contribution in [2.24, 2.45) is 0 Å². The summed E-state index contributed by atoms with van der Waals surface area (Å²) in [6.45, 7) is 3.54. The van der Waals surface area contributed by atoms with E-state index in [2.05, 4.69) is 5.32 Å². The number of benzene rings is 1. The monoisotopic (exact) mass is 360 g/mol. The second-order valence-electron chi connectivity index (χ2n) is 5.36. The summed E-state index contributed by atoms with van der Waals surface area (Å²) >= 11 is 5.86. The third-order valence-corrected chi connectivity index (χ3v) is 3.66. The molecule has 6 heteroatoms. The number of rotatable bonds is 8. The predicted octanol–water partition coefficient (Wildman–Crippen LogP) is 3.12. The molecule has 1 heterocycles. The summed E-state index contributed by atoms with van der Waals surface area (Å²) in [7, 11) is 0. The van der Waals surface area contributed by atoms with Gasteiger partial charge in [-0.2, -0.15) is 0 Å². The van der Waals surface area contributed by atoms with Crippen LogP contribution in [-0.4, -0.2) is 23.6 Å². The Kier molecular flexibility index (Phi) is 7.29. The predicted molar refractivity (Wildman–Crippen MR) is 100.0 cm³/mol. The molecule has 0 spiro atoms. The highest BCUT2D eigenvalue weighted by atomic mass is 35.5. The van der Waals surface area contributed by atoms with Crippen LogP contribution >= 0.6 is 11.6 Å². The van der Waals surface area contributed by atoms with Crippen molar-refractivity contribution in [2.45, 2.75) is 19.9 Å². The van der Waals surface area contributed by atoms with E-state index in [0.717, 1.165) is 11.3 Å². The van der Waals surface area contributed by atoms with E-state index in [4.69, 9.17) is 16.3 Å². The zero-order chi connectivity index (χ0) is 18.1. The van der Waals surface area contributed by atoms with Crippen LogP contribution in [0.2, 0.25) is 5.02 Å². The lowest BCUT2D eigenvalue weighted by Crippen LogP contribution is -2.25. The molecular formula is C19H21ClN2O3. The minimum Gasteiger partial charge on any atom is -0.494 e. The molecule has 0 saturated heterocycles.